The molecule has 3 aliphatic rings. The maximum atomic E-state index is 13.2. The summed E-state index contributed by atoms with van der Waals surface area (Å²) in [5.74, 6) is 1.44. The van der Waals surface area contributed by atoms with E-state index in [1.807, 2.05) is 13.8 Å². The van der Waals surface area contributed by atoms with Crippen LogP contribution in [0.1, 0.15) is 102 Å². The van der Waals surface area contributed by atoms with Crippen molar-refractivity contribution in [1.82, 2.24) is 20.8 Å². The molecule has 0 bridgehead atoms. The third-order valence-electron chi connectivity index (χ3n) is 8.37. The van der Waals surface area contributed by atoms with E-state index in [9.17, 15) is 9.59 Å². The van der Waals surface area contributed by atoms with Crippen molar-refractivity contribution in [3.8, 4) is 0 Å². The summed E-state index contributed by atoms with van der Waals surface area (Å²) in [7, 11) is 0. The zero-order valence-corrected chi connectivity index (χ0v) is 24.6. The van der Waals surface area contributed by atoms with Crippen LogP contribution in [-0.4, -0.2) is 66.5 Å². The minimum absolute atomic E-state index is 0.0308. The van der Waals surface area contributed by atoms with Gasteiger partial charge in [-0.25, -0.2) is 20.3 Å². The van der Waals surface area contributed by atoms with Gasteiger partial charge in [-0.3, -0.25) is 9.59 Å². The summed E-state index contributed by atoms with van der Waals surface area (Å²) in [6.45, 7) is 8.89. The molecule has 4 rings (SSSR count). The van der Waals surface area contributed by atoms with E-state index in [-0.39, 0.29) is 18.1 Å². The lowest BCUT2D eigenvalue weighted by Crippen LogP contribution is -2.48. The molecule has 0 aromatic carbocycles. The number of amides is 1. The van der Waals surface area contributed by atoms with Crippen LogP contribution >= 0.6 is 0 Å². The van der Waals surface area contributed by atoms with Crippen LogP contribution in [0, 0.1) is 17.8 Å². The lowest BCUT2D eigenvalue weighted by molar-refractivity contribution is -0.163. The standard InChI is InChI=1S/C30H49N5O5/c1-21(2)20-38-22(3)40-34-28(36)25-18-32-30(33-19-25)35-15-13-23(14-16-35)17-31-27(24-9-5-4-6-10-24)29(37)39-26-11-7-8-12-26/h18-19,21-24,26-27,31H,4-17,20H2,1-3H3,(H,34,36)/t22?,27-/m0/s1. The van der Waals surface area contributed by atoms with E-state index in [4.69, 9.17) is 14.3 Å². The third kappa shape index (κ3) is 9.38. The van der Waals surface area contributed by atoms with Gasteiger partial charge in [0.25, 0.3) is 5.91 Å². The van der Waals surface area contributed by atoms with Gasteiger partial charge < -0.3 is 19.7 Å². The molecule has 1 aromatic rings. The van der Waals surface area contributed by atoms with Gasteiger partial charge in [-0.1, -0.05) is 33.1 Å². The molecule has 2 heterocycles. The number of ether oxygens (including phenoxy) is 2. The van der Waals surface area contributed by atoms with Gasteiger partial charge in [-0.05, 0) is 82.6 Å². The van der Waals surface area contributed by atoms with E-state index in [1.165, 1.54) is 44.5 Å². The molecule has 1 aliphatic heterocycles. The van der Waals surface area contributed by atoms with Crippen molar-refractivity contribution >= 4 is 17.8 Å². The quantitative estimate of drug-likeness (QED) is 0.206. The summed E-state index contributed by atoms with van der Waals surface area (Å²) >= 11 is 0. The number of nitrogens with zero attached hydrogens (tertiary/aromatic N) is 3. The van der Waals surface area contributed by atoms with Gasteiger partial charge in [0.1, 0.15) is 12.1 Å². The van der Waals surface area contributed by atoms with Crippen molar-refractivity contribution in [3.05, 3.63) is 18.0 Å². The average Bonchev–Trinajstić information content (AvgIpc) is 3.49. The summed E-state index contributed by atoms with van der Waals surface area (Å²) in [5.41, 5.74) is 2.74. The third-order valence-corrected chi connectivity index (χ3v) is 8.37. The molecule has 2 atom stereocenters. The van der Waals surface area contributed by atoms with E-state index in [2.05, 4.69) is 25.7 Å². The smallest absolute Gasteiger partial charge is 0.323 e. The second-order valence-electron chi connectivity index (χ2n) is 12.2. The van der Waals surface area contributed by atoms with Gasteiger partial charge in [-0.2, -0.15) is 0 Å². The maximum absolute atomic E-state index is 13.2. The Hall–Kier alpha value is -2.30. The van der Waals surface area contributed by atoms with Crippen molar-refractivity contribution in [1.29, 1.82) is 0 Å². The first kappa shape index (κ1) is 30.7. The van der Waals surface area contributed by atoms with Crippen molar-refractivity contribution < 1.29 is 23.9 Å². The molecule has 2 saturated carbocycles. The van der Waals surface area contributed by atoms with Crippen molar-refractivity contribution in [2.24, 2.45) is 17.8 Å². The number of anilines is 1. The molecule has 10 nitrogen and oxygen atoms in total. The van der Waals surface area contributed by atoms with Crippen LogP contribution in [0.15, 0.2) is 12.4 Å². The SMILES string of the molecule is CC(C)COC(C)ONC(=O)c1cnc(N2CCC(CN[C@H](C(=O)OC3CCCC3)C3CCCCC3)CC2)nc1. The zero-order valence-electron chi connectivity index (χ0n) is 24.6. The molecule has 1 amide bonds. The number of rotatable bonds is 13. The molecular formula is C30H49N5O5. The molecule has 10 heteroatoms. The van der Waals surface area contributed by atoms with Crippen molar-refractivity contribution in [2.45, 2.75) is 110 Å². The Kier molecular flexibility index (Phi) is 12.0. The largest absolute Gasteiger partial charge is 0.461 e. The van der Waals surface area contributed by atoms with Crippen LogP contribution in [0.5, 0.6) is 0 Å². The van der Waals surface area contributed by atoms with E-state index >= 15 is 0 Å². The Morgan fingerprint density at radius 1 is 0.950 bits per heavy atom. The number of carbonyl (C=O) groups excluding carboxylic acids is 2. The molecule has 1 saturated heterocycles. The number of carbonyl (C=O) groups is 2. The fourth-order valence-electron chi connectivity index (χ4n) is 5.94. The minimum Gasteiger partial charge on any atom is -0.461 e. The molecule has 40 heavy (non-hydrogen) atoms. The number of hydrogen-bond donors (Lipinski definition) is 2. The molecule has 1 aromatic heterocycles. The number of esters is 1. The number of hydrogen-bond acceptors (Lipinski definition) is 9. The van der Waals surface area contributed by atoms with Gasteiger partial charge in [0.15, 0.2) is 6.29 Å². The van der Waals surface area contributed by atoms with Crippen LogP contribution in [0.4, 0.5) is 5.95 Å². The normalized spacial score (nSPS) is 20.9. The Bertz CT molecular complexity index is 910. The summed E-state index contributed by atoms with van der Waals surface area (Å²) in [5, 5.41) is 3.65. The Morgan fingerprint density at radius 2 is 1.60 bits per heavy atom. The molecule has 0 spiro atoms. The number of hydroxylamine groups is 1. The fourth-order valence-corrected chi connectivity index (χ4v) is 5.94. The second kappa shape index (κ2) is 15.6. The van der Waals surface area contributed by atoms with Crippen LogP contribution in [0.2, 0.25) is 0 Å². The Balaban J connectivity index is 1.21. The van der Waals surface area contributed by atoms with E-state index in [0.717, 1.165) is 58.2 Å². The van der Waals surface area contributed by atoms with Gasteiger partial charge >= 0.3 is 5.97 Å². The first-order valence-corrected chi connectivity index (χ1v) is 15.5. The highest BCUT2D eigenvalue weighted by atomic mass is 16.8. The Labute approximate surface area is 239 Å². The topological polar surface area (TPSA) is 115 Å². The Morgan fingerprint density at radius 3 is 2.25 bits per heavy atom. The predicted molar refractivity (Wildman–Crippen MR) is 152 cm³/mol. The van der Waals surface area contributed by atoms with Gasteiger partial charge in [0, 0.05) is 25.5 Å². The van der Waals surface area contributed by atoms with Gasteiger partial charge in [0.05, 0.1) is 12.2 Å². The van der Waals surface area contributed by atoms with E-state index in [1.54, 1.807) is 6.92 Å². The zero-order chi connectivity index (χ0) is 28.3. The molecule has 2 aliphatic carbocycles. The molecular weight excluding hydrogens is 510 g/mol. The van der Waals surface area contributed by atoms with Crippen LogP contribution in [-0.2, 0) is 19.1 Å². The maximum Gasteiger partial charge on any atom is 0.323 e. The van der Waals surface area contributed by atoms with Crippen LogP contribution in [0.25, 0.3) is 0 Å². The number of nitrogens with one attached hydrogen (secondary N) is 2. The van der Waals surface area contributed by atoms with E-state index in [0.29, 0.717) is 35.9 Å². The first-order valence-electron chi connectivity index (χ1n) is 15.5. The molecule has 2 N–H and O–H groups in total. The van der Waals surface area contributed by atoms with Crippen LogP contribution in [0.3, 0.4) is 0 Å². The van der Waals surface area contributed by atoms with Crippen molar-refractivity contribution in [2.75, 3.05) is 31.1 Å². The number of aromatic nitrogens is 2. The first-order chi connectivity index (χ1) is 19.4. The second-order valence-corrected chi connectivity index (χ2v) is 12.2. The molecule has 3 fully saturated rings. The summed E-state index contributed by atoms with van der Waals surface area (Å²) < 4.78 is 11.4. The van der Waals surface area contributed by atoms with Gasteiger partial charge in [0.2, 0.25) is 5.95 Å². The fraction of sp³-hybridized carbons (Fsp3) is 0.800. The highest BCUT2D eigenvalue weighted by molar-refractivity contribution is 5.92. The van der Waals surface area contributed by atoms with Gasteiger partial charge in [-0.15, -0.1) is 0 Å². The summed E-state index contributed by atoms with van der Waals surface area (Å²) in [6.07, 6.45) is 14.9. The monoisotopic (exact) mass is 559 g/mol. The van der Waals surface area contributed by atoms with Crippen LogP contribution < -0.4 is 15.7 Å². The molecule has 224 valence electrons. The number of piperidine rings is 1. The molecule has 1 unspecified atom stereocenters. The molecule has 0 radical (unpaired) electrons. The van der Waals surface area contributed by atoms with E-state index < -0.39 is 12.2 Å². The van der Waals surface area contributed by atoms with Crippen molar-refractivity contribution in [3.63, 3.8) is 0 Å². The summed E-state index contributed by atoms with van der Waals surface area (Å²) in [6, 6.07) is -0.185. The highest BCUT2D eigenvalue weighted by Crippen LogP contribution is 2.29. The predicted octanol–water partition coefficient (Wildman–Crippen LogP) is 4.40. The minimum atomic E-state index is -0.543. The lowest BCUT2D eigenvalue weighted by atomic mass is 9.83. The highest BCUT2D eigenvalue weighted by Gasteiger charge is 2.33. The lowest BCUT2D eigenvalue weighted by Gasteiger charge is -2.35. The summed E-state index contributed by atoms with van der Waals surface area (Å²) in [4.78, 5) is 41.8. The average molecular weight is 560 g/mol.